The third-order valence-electron chi connectivity index (χ3n) is 1.59. The fourth-order valence-corrected chi connectivity index (χ4v) is 1.20. The van der Waals surface area contributed by atoms with E-state index < -0.39 is 7.12 Å². The number of ether oxygens (including phenoxy) is 2. The minimum Gasteiger partial charge on any atom is -0.468 e. The first-order valence-corrected chi connectivity index (χ1v) is 4.30. The second kappa shape index (κ2) is 5.21. The van der Waals surface area contributed by atoms with Crippen molar-refractivity contribution in [3.63, 3.8) is 0 Å². The second-order valence-electron chi connectivity index (χ2n) is 2.61. The van der Waals surface area contributed by atoms with Gasteiger partial charge in [-0.1, -0.05) is 17.7 Å². The van der Waals surface area contributed by atoms with Crippen molar-refractivity contribution in [3.8, 4) is 5.75 Å². The van der Waals surface area contributed by atoms with E-state index in [0.29, 0.717) is 5.75 Å². The summed E-state index contributed by atoms with van der Waals surface area (Å²) in [6.45, 7) is 0.122. The molecule has 2 N–H and O–H groups in total. The predicted octanol–water partition coefficient (Wildman–Crippen LogP) is 0.00250. The average Bonchev–Trinajstić information content (AvgIpc) is 2.14. The van der Waals surface area contributed by atoms with Crippen LogP contribution in [-0.2, 0) is 4.74 Å². The first-order chi connectivity index (χ1) is 6.65. The molecule has 76 valence electrons. The van der Waals surface area contributed by atoms with Gasteiger partial charge in [0.1, 0.15) is 5.75 Å². The van der Waals surface area contributed by atoms with Crippen LogP contribution in [0.5, 0.6) is 5.75 Å². The lowest BCUT2D eigenvalue weighted by Crippen LogP contribution is -2.30. The number of halogens is 1. The van der Waals surface area contributed by atoms with Crippen molar-refractivity contribution in [1.29, 1.82) is 0 Å². The van der Waals surface area contributed by atoms with Gasteiger partial charge in [-0.2, -0.15) is 0 Å². The average molecular weight is 216 g/mol. The van der Waals surface area contributed by atoms with E-state index >= 15 is 0 Å². The highest BCUT2D eigenvalue weighted by molar-refractivity contribution is 6.62. The van der Waals surface area contributed by atoms with E-state index in [0.717, 1.165) is 0 Å². The Morgan fingerprint density at radius 3 is 2.64 bits per heavy atom. The number of hydrogen-bond acceptors (Lipinski definition) is 4. The molecule has 0 spiro atoms. The van der Waals surface area contributed by atoms with Crippen LogP contribution in [-0.4, -0.2) is 31.1 Å². The zero-order chi connectivity index (χ0) is 10.6. The molecule has 1 rings (SSSR count). The van der Waals surface area contributed by atoms with Crippen molar-refractivity contribution >= 4 is 24.2 Å². The molecule has 0 aliphatic rings. The van der Waals surface area contributed by atoms with Gasteiger partial charge in [0.05, 0.1) is 0 Å². The van der Waals surface area contributed by atoms with Crippen LogP contribution in [0.2, 0.25) is 5.02 Å². The molecule has 0 aromatic heterocycles. The Morgan fingerprint density at radius 2 is 2.14 bits per heavy atom. The third kappa shape index (κ3) is 2.89. The molecular formula is C8H10BClO4. The monoisotopic (exact) mass is 216 g/mol. The first-order valence-electron chi connectivity index (χ1n) is 3.92. The Morgan fingerprint density at radius 1 is 1.43 bits per heavy atom. The summed E-state index contributed by atoms with van der Waals surface area (Å²) in [6, 6.07) is 4.56. The van der Waals surface area contributed by atoms with Crippen LogP contribution in [0.4, 0.5) is 0 Å². The van der Waals surface area contributed by atoms with Gasteiger partial charge < -0.3 is 19.5 Å². The van der Waals surface area contributed by atoms with E-state index in [1.165, 1.54) is 19.2 Å². The number of methoxy groups -OCH3 is 1. The van der Waals surface area contributed by atoms with Crippen LogP contribution in [0.3, 0.4) is 0 Å². The topological polar surface area (TPSA) is 58.9 Å². The highest BCUT2D eigenvalue weighted by Gasteiger charge is 2.15. The molecule has 0 aliphatic carbocycles. The van der Waals surface area contributed by atoms with Gasteiger partial charge >= 0.3 is 7.12 Å². The van der Waals surface area contributed by atoms with Gasteiger partial charge in [0.2, 0.25) is 0 Å². The maximum Gasteiger partial charge on any atom is 0.489 e. The molecule has 1 aromatic carbocycles. The predicted molar refractivity (Wildman–Crippen MR) is 53.8 cm³/mol. The lowest BCUT2D eigenvalue weighted by molar-refractivity contribution is 0.0511. The Labute approximate surface area is 87.2 Å². The molecule has 0 aliphatic heterocycles. The summed E-state index contributed by atoms with van der Waals surface area (Å²) in [5.41, 5.74) is 0.247. The molecule has 0 saturated heterocycles. The van der Waals surface area contributed by atoms with Crippen LogP contribution in [0.15, 0.2) is 18.2 Å². The standard InChI is InChI=1S/C8H10BClO4/c1-13-5-14-6-2-3-7(9(11)12)8(10)4-6/h2-4,11-12H,5H2,1H3. The van der Waals surface area contributed by atoms with Crippen molar-refractivity contribution in [2.45, 2.75) is 0 Å². The summed E-state index contributed by atoms with van der Waals surface area (Å²) in [5.74, 6) is 0.515. The van der Waals surface area contributed by atoms with Crippen LogP contribution >= 0.6 is 11.6 Å². The van der Waals surface area contributed by atoms with Crippen molar-refractivity contribution in [2.24, 2.45) is 0 Å². The second-order valence-corrected chi connectivity index (χ2v) is 3.02. The highest BCUT2D eigenvalue weighted by Crippen LogP contribution is 2.15. The van der Waals surface area contributed by atoms with Crippen molar-refractivity contribution in [2.75, 3.05) is 13.9 Å². The molecule has 0 bridgehead atoms. The molecule has 0 heterocycles. The van der Waals surface area contributed by atoms with E-state index in [-0.39, 0.29) is 17.3 Å². The summed E-state index contributed by atoms with van der Waals surface area (Å²) in [7, 11) is -0.0630. The molecule has 1 aromatic rings. The fourth-order valence-electron chi connectivity index (χ4n) is 0.934. The van der Waals surface area contributed by atoms with E-state index in [1.807, 2.05) is 0 Å². The number of hydrogen-bond donors (Lipinski definition) is 2. The zero-order valence-electron chi connectivity index (χ0n) is 7.61. The normalized spacial score (nSPS) is 10.0. The lowest BCUT2D eigenvalue weighted by atomic mass is 9.80. The molecule has 6 heteroatoms. The molecule has 0 atom stereocenters. The summed E-state index contributed by atoms with van der Waals surface area (Å²) >= 11 is 5.76. The van der Waals surface area contributed by atoms with Crippen molar-refractivity contribution in [3.05, 3.63) is 23.2 Å². The Bertz CT molecular complexity index is 305. The van der Waals surface area contributed by atoms with E-state index in [9.17, 15) is 0 Å². The zero-order valence-corrected chi connectivity index (χ0v) is 8.36. The van der Waals surface area contributed by atoms with Crippen LogP contribution in [0, 0.1) is 0 Å². The van der Waals surface area contributed by atoms with Gasteiger partial charge in [0, 0.05) is 17.6 Å². The highest BCUT2D eigenvalue weighted by atomic mass is 35.5. The van der Waals surface area contributed by atoms with Gasteiger partial charge in [-0.25, -0.2) is 0 Å². The van der Waals surface area contributed by atoms with Crippen LogP contribution in [0.1, 0.15) is 0 Å². The minimum absolute atomic E-state index is 0.122. The van der Waals surface area contributed by atoms with Gasteiger partial charge in [-0.15, -0.1) is 0 Å². The molecule has 0 fully saturated rings. The largest absolute Gasteiger partial charge is 0.489 e. The molecule has 0 amide bonds. The molecule has 4 nitrogen and oxygen atoms in total. The smallest absolute Gasteiger partial charge is 0.468 e. The molecule has 14 heavy (non-hydrogen) atoms. The minimum atomic E-state index is -1.57. The summed E-state index contributed by atoms with van der Waals surface area (Å²) in [5, 5.41) is 18.0. The first kappa shape index (κ1) is 11.3. The Kier molecular flexibility index (Phi) is 4.22. The van der Waals surface area contributed by atoms with E-state index in [2.05, 4.69) is 0 Å². The number of rotatable bonds is 4. The molecule has 0 saturated carbocycles. The van der Waals surface area contributed by atoms with Gasteiger partial charge in [0.15, 0.2) is 6.79 Å². The van der Waals surface area contributed by atoms with Gasteiger partial charge in [-0.05, 0) is 12.1 Å². The summed E-state index contributed by atoms with van der Waals surface area (Å²) in [6.07, 6.45) is 0. The van der Waals surface area contributed by atoms with Crippen molar-refractivity contribution < 1.29 is 19.5 Å². The summed E-state index contributed by atoms with van der Waals surface area (Å²) < 4.78 is 9.80. The van der Waals surface area contributed by atoms with Crippen LogP contribution < -0.4 is 10.2 Å². The third-order valence-corrected chi connectivity index (χ3v) is 1.92. The maximum absolute atomic E-state index is 8.88. The maximum atomic E-state index is 8.88. The van der Waals surface area contributed by atoms with Gasteiger partial charge in [-0.3, -0.25) is 0 Å². The van der Waals surface area contributed by atoms with Crippen molar-refractivity contribution in [1.82, 2.24) is 0 Å². The van der Waals surface area contributed by atoms with Crippen LogP contribution in [0.25, 0.3) is 0 Å². The summed E-state index contributed by atoms with van der Waals surface area (Å²) in [4.78, 5) is 0. The van der Waals surface area contributed by atoms with Gasteiger partial charge in [0.25, 0.3) is 0 Å². The quantitative estimate of drug-likeness (QED) is 0.550. The lowest BCUT2D eigenvalue weighted by Gasteiger charge is -2.07. The molecule has 0 radical (unpaired) electrons. The Balaban J connectivity index is 2.78. The molecule has 0 unspecified atom stereocenters. The van der Waals surface area contributed by atoms with E-state index in [1.54, 1.807) is 6.07 Å². The number of benzene rings is 1. The Hall–Kier alpha value is -0.745. The SMILES string of the molecule is COCOc1ccc(B(O)O)c(Cl)c1. The van der Waals surface area contributed by atoms with E-state index in [4.69, 9.17) is 31.1 Å². The molecular weight excluding hydrogens is 206 g/mol. The fraction of sp³-hybridized carbons (Fsp3) is 0.250.